The first kappa shape index (κ1) is 11.1. The molecule has 11 heavy (non-hydrogen) atoms. The van der Waals surface area contributed by atoms with Gasteiger partial charge in [-0.1, -0.05) is 0 Å². The monoisotopic (exact) mass is 180 g/mol. The van der Waals surface area contributed by atoms with Crippen molar-refractivity contribution in [2.75, 3.05) is 27.7 Å². The number of nitrogens with zero attached hydrogens (tertiary/aromatic N) is 1. The van der Waals surface area contributed by atoms with Crippen molar-refractivity contribution in [2.24, 2.45) is 0 Å². The van der Waals surface area contributed by atoms with E-state index in [-0.39, 0.29) is 6.04 Å². The molecule has 0 aromatic carbocycles. The van der Waals surface area contributed by atoms with E-state index in [1.54, 1.807) is 0 Å². The van der Waals surface area contributed by atoms with E-state index in [4.69, 9.17) is 14.4 Å². The summed E-state index contributed by atoms with van der Waals surface area (Å²) in [7, 11) is 2.30. The second-order valence-electron chi connectivity index (χ2n) is 3.89. The predicted molar refractivity (Wildman–Crippen MR) is 44.7 cm³/mol. The van der Waals surface area contributed by atoms with Gasteiger partial charge in [-0.25, -0.2) is 0 Å². The van der Waals surface area contributed by atoms with Gasteiger partial charge in [-0.2, -0.15) is 0 Å². The van der Waals surface area contributed by atoms with Gasteiger partial charge >= 0.3 is 8.80 Å². The van der Waals surface area contributed by atoms with E-state index in [2.05, 4.69) is 0 Å². The molecule has 3 N–H and O–H groups in total. The third kappa shape index (κ3) is 10.1. The van der Waals surface area contributed by atoms with Gasteiger partial charge in [0.15, 0.2) is 0 Å². The molecule has 0 aliphatic heterocycles. The maximum absolute atomic E-state index is 8.66. The first-order valence-corrected chi connectivity index (χ1v) is 5.73. The molecule has 0 saturated carbocycles. The van der Waals surface area contributed by atoms with Crippen molar-refractivity contribution in [3.05, 3.63) is 0 Å². The van der Waals surface area contributed by atoms with Gasteiger partial charge in [0.05, 0.1) is 27.7 Å². The van der Waals surface area contributed by atoms with E-state index in [1.165, 1.54) is 0 Å². The summed E-state index contributed by atoms with van der Waals surface area (Å²) in [5.41, 5.74) is 0. The minimum absolute atomic E-state index is 0.141. The average molecular weight is 180 g/mol. The van der Waals surface area contributed by atoms with Crippen LogP contribution in [0.5, 0.6) is 0 Å². The second-order valence-corrected chi connectivity index (χ2v) is 5.94. The fourth-order valence-electron chi connectivity index (χ4n) is 0.791. The maximum Gasteiger partial charge on any atom is 0.492 e. The van der Waals surface area contributed by atoms with Crippen LogP contribution in [0.1, 0.15) is 6.42 Å². The zero-order chi connectivity index (χ0) is 9.12. The van der Waals surface area contributed by atoms with Crippen molar-refractivity contribution in [2.45, 2.75) is 12.5 Å². The topological polar surface area (TPSA) is 60.7 Å². The highest BCUT2D eigenvalue weighted by atomic mass is 28.4. The van der Waals surface area contributed by atoms with Crippen molar-refractivity contribution in [3.8, 4) is 0 Å². The van der Waals surface area contributed by atoms with Crippen molar-refractivity contribution in [1.29, 1.82) is 0 Å². The summed E-state index contributed by atoms with van der Waals surface area (Å²) in [6.45, 7) is 0.844. The van der Waals surface area contributed by atoms with Crippen LogP contribution in [0.3, 0.4) is 0 Å². The third-order valence-electron chi connectivity index (χ3n) is 1.34. The molecule has 0 rings (SSSR count). The summed E-state index contributed by atoms with van der Waals surface area (Å²) < 4.78 is 0.782. The lowest BCUT2D eigenvalue weighted by Crippen LogP contribution is -2.39. The molecule has 0 saturated heterocycles. The summed E-state index contributed by atoms with van der Waals surface area (Å²) in [6.07, 6.45) is 0.652. The van der Waals surface area contributed by atoms with Crippen LogP contribution in [-0.2, 0) is 0 Å². The lowest BCUT2D eigenvalue weighted by molar-refractivity contribution is -0.870. The van der Waals surface area contributed by atoms with Crippen molar-refractivity contribution < 1.29 is 18.9 Å². The van der Waals surface area contributed by atoms with Crippen molar-refractivity contribution in [3.63, 3.8) is 0 Å². The molecule has 0 unspecified atom stereocenters. The molecule has 0 amide bonds. The minimum atomic E-state index is -3.77. The van der Waals surface area contributed by atoms with Crippen LogP contribution in [0.4, 0.5) is 0 Å². The van der Waals surface area contributed by atoms with Crippen molar-refractivity contribution >= 4 is 8.80 Å². The smallest absolute Gasteiger partial charge is 0.390 e. The van der Waals surface area contributed by atoms with E-state index in [9.17, 15) is 0 Å². The molecule has 0 aliphatic carbocycles. The number of quaternary nitrogens is 1. The first-order valence-electron chi connectivity index (χ1n) is 3.68. The van der Waals surface area contributed by atoms with Gasteiger partial charge in [0.1, 0.15) is 0 Å². The molecule has 5 heteroatoms. The molecule has 0 atom stereocenters. The molecule has 0 radical (unpaired) electrons. The summed E-state index contributed by atoms with van der Waals surface area (Å²) in [5.74, 6) is 0. The Kier molecular flexibility index (Phi) is 3.66. The van der Waals surface area contributed by atoms with Crippen LogP contribution < -0.4 is 0 Å². The highest BCUT2D eigenvalue weighted by Gasteiger charge is 2.26. The first-order chi connectivity index (χ1) is 4.71. The molecule has 0 aromatic heterocycles. The van der Waals surface area contributed by atoms with Crippen molar-refractivity contribution in [1.82, 2.24) is 0 Å². The van der Waals surface area contributed by atoms with E-state index < -0.39 is 8.80 Å². The molecule has 0 aromatic rings. The standard InChI is InChI=1S/C6H18NO3Si/c1-7(2,3)5-4-6-11(8,9)10/h8-10H,4-6H2,1-3H3/q+1. The van der Waals surface area contributed by atoms with Crippen LogP contribution in [0.2, 0.25) is 6.04 Å². The van der Waals surface area contributed by atoms with Gasteiger partial charge in [0.25, 0.3) is 0 Å². The SMILES string of the molecule is C[N+](C)(C)CCC[Si](O)(O)O. The van der Waals surface area contributed by atoms with Gasteiger partial charge in [-0.3, -0.25) is 0 Å². The Morgan fingerprint density at radius 1 is 1.09 bits per heavy atom. The van der Waals surface area contributed by atoms with Crippen LogP contribution in [0.15, 0.2) is 0 Å². The Labute approximate surface area is 68.7 Å². The Hall–Kier alpha value is 0.0569. The summed E-state index contributed by atoms with van der Waals surface area (Å²) in [5, 5.41) is 0. The molecule has 68 valence electrons. The minimum Gasteiger partial charge on any atom is -0.390 e. The maximum atomic E-state index is 8.66. The van der Waals surface area contributed by atoms with Crippen LogP contribution in [-0.4, -0.2) is 55.4 Å². The Morgan fingerprint density at radius 3 is 1.82 bits per heavy atom. The summed E-state index contributed by atoms with van der Waals surface area (Å²) in [4.78, 5) is 26.0. The molecule has 0 bridgehead atoms. The molecular weight excluding hydrogens is 162 g/mol. The quantitative estimate of drug-likeness (QED) is 0.384. The Bertz CT molecular complexity index is 102. The van der Waals surface area contributed by atoms with Crippen LogP contribution >= 0.6 is 0 Å². The normalized spacial score (nSPS) is 13.6. The van der Waals surface area contributed by atoms with Gasteiger partial charge in [0, 0.05) is 12.5 Å². The fourth-order valence-corrected chi connectivity index (χ4v) is 1.42. The zero-order valence-electron chi connectivity index (χ0n) is 7.41. The second kappa shape index (κ2) is 3.64. The Morgan fingerprint density at radius 2 is 1.55 bits per heavy atom. The molecule has 0 fully saturated rings. The largest absolute Gasteiger partial charge is 0.492 e. The molecule has 0 spiro atoms. The zero-order valence-corrected chi connectivity index (χ0v) is 8.41. The van der Waals surface area contributed by atoms with E-state index >= 15 is 0 Å². The van der Waals surface area contributed by atoms with Crippen LogP contribution in [0, 0.1) is 0 Å². The van der Waals surface area contributed by atoms with Gasteiger partial charge in [-0.15, -0.1) is 0 Å². The van der Waals surface area contributed by atoms with Gasteiger partial charge < -0.3 is 18.9 Å². The number of hydrogen-bond acceptors (Lipinski definition) is 3. The van der Waals surface area contributed by atoms with E-state index in [0.29, 0.717) is 6.42 Å². The molecule has 4 nitrogen and oxygen atoms in total. The average Bonchev–Trinajstić information content (AvgIpc) is 1.55. The van der Waals surface area contributed by atoms with Gasteiger partial charge in [-0.05, 0) is 0 Å². The lowest BCUT2D eigenvalue weighted by Gasteiger charge is -2.24. The number of rotatable bonds is 4. The van der Waals surface area contributed by atoms with E-state index in [1.807, 2.05) is 21.1 Å². The fraction of sp³-hybridized carbons (Fsp3) is 1.00. The summed E-state index contributed by atoms with van der Waals surface area (Å²) in [6, 6.07) is 0.141. The molecule has 0 heterocycles. The predicted octanol–water partition coefficient (Wildman–Crippen LogP) is -1.00. The molecule has 0 aliphatic rings. The lowest BCUT2D eigenvalue weighted by atomic mass is 10.4. The molecular formula is C6H18NO3Si+. The highest BCUT2D eigenvalue weighted by Crippen LogP contribution is 2.04. The van der Waals surface area contributed by atoms with E-state index in [0.717, 1.165) is 11.0 Å². The van der Waals surface area contributed by atoms with Crippen LogP contribution in [0.25, 0.3) is 0 Å². The van der Waals surface area contributed by atoms with Gasteiger partial charge in [0.2, 0.25) is 0 Å². The Balaban J connectivity index is 3.44. The highest BCUT2D eigenvalue weighted by molar-refractivity contribution is 6.56. The summed E-state index contributed by atoms with van der Waals surface area (Å²) >= 11 is 0. The number of hydrogen-bond donors (Lipinski definition) is 3. The third-order valence-corrected chi connectivity index (χ3v) is 2.37.